The Kier molecular flexibility index (Phi) is 4.31. The van der Waals surface area contributed by atoms with Crippen LogP contribution in [0.3, 0.4) is 0 Å². The quantitative estimate of drug-likeness (QED) is 0.691. The van der Waals surface area contributed by atoms with E-state index in [1.165, 1.54) is 12.1 Å². The Hall–Kier alpha value is -0.630. The molecule has 1 aromatic rings. The average Bonchev–Trinajstić information content (AvgIpc) is 2.15. The van der Waals surface area contributed by atoms with E-state index in [2.05, 4.69) is 13.8 Å². The molecule has 90 valence electrons. The fourth-order valence-electron chi connectivity index (χ4n) is 1.58. The smallest absolute Gasteiger partial charge is 0.126 e. The van der Waals surface area contributed by atoms with Gasteiger partial charge in [0.1, 0.15) is 11.6 Å². The van der Waals surface area contributed by atoms with Gasteiger partial charge in [-0.3, -0.25) is 0 Å². The number of hydrogen-bond donors (Lipinski definition) is 0. The molecule has 3 heteroatoms. The van der Waals surface area contributed by atoms with Gasteiger partial charge in [0.2, 0.25) is 0 Å². The van der Waals surface area contributed by atoms with Gasteiger partial charge in [-0.25, -0.2) is 8.78 Å². The predicted molar refractivity (Wildman–Crippen MR) is 63.7 cm³/mol. The third-order valence-electron chi connectivity index (χ3n) is 3.23. The second kappa shape index (κ2) is 5.13. The fourth-order valence-corrected chi connectivity index (χ4v) is 1.99. The van der Waals surface area contributed by atoms with Crippen LogP contribution in [0.25, 0.3) is 0 Å². The molecule has 0 radical (unpaired) electrons. The van der Waals surface area contributed by atoms with Crippen molar-refractivity contribution >= 4 is 11.6 Å². The van der Waals surface area contributed by atoms with Crippen LogP contribution in [0.1, 0.15) is 26.3 Å². The maximum Gasteiger partial charge on any atom is 0.126 e. The molecule has 1 unspecified atom stereocenters. The van der Waals surface area contributed by atoms with Crippen molar-refractivity contribution in [2.45, 2.75) is 27.2 Å². The maximum atomic E-state index is 13.0. The van der Waals surface area contributed by atoms with Crippen molar-refractivity contribution in [3.63, 3.8) is 0 Å². The Morgan fingerprint density at radius 1 is 1.19 bits per heavy atom. The van der Waals surface area contributed by atoms with Gasteiger partial charge in [0.25, 0.3) is 0 Å². The third-order valence-corrected chi connectivity index (χ3v) is 3.84. The summed E-state index contributed by atoms with van der Waals surface area (Å²) in [6.45, 7) is 6.17. The molecule has 0 heterocycles. The Labute approximate surface area is 101 Å². The summed E-state index contributed by atoms with van der Waals surface area (Å²) in [5, 5.41) is 0. The van der Waals surface area contributed by atoms with Crippen molar-refractivity contribution in [3.8, 4) is 0 Å². The topological polar surface area (TPSA) is 0 Å². The number of benzene rings is 1. The molecule has 0 bridgehead atoms. The summed E-state index contributed by atoms with van der Waals surface area (Å²) < 4.78 is 26.1. The van der Waals surface area contributed by atoms with Crippen molar-refractivity contribution in [3.05, 3.63) is 35.4 Å². The summed E-state index contributed by atoms with van der Waals surface area (Å²) in [5.41, 5.74) is 0.524. The first kappa shape index (κ1) is 13.4. The molecule has 0 N–H and O–H groups in total. The van der Waals surface area contributed by atoms with Gasteiger partial charge in [0, 0.05) is 11.9 Å². The highest BCUT2D eigenvalue weighted by Gasteiger charge is 2.27. The minimum atomic E-state index is -0.532. The standard InChI is InChI=1S/C13H17ClF2/c1-9(2)13(3,8-14)7-10-4-11(15)6-12(16)5-10/h4-6,9H,7-8H2,1-3H3. The molecule has 0 aliphatic heterocycles. The summed E-state index contributed by atoms with van der Waals surface area (Å²) >= 11 is 5.95. The highest BCUT2D eigenvalue weighted by atomic mass is 35.5. The first-order chi connectivity index (χ1) is 7.37. The molecule has 0 aromatic heterocycles. The van der Waals surface area contributed by atoms with Crippen LogP contribution >= 0.6 is 11.6 Å². The molecule has 0 amide bonds. The van der Waals surface area contributed by atoms with E-state index in [1.54, 1.807) is 0 Å². The van der Waals surface area contributed by atoms with Crippen molar-refractivity contribution in [1.82, 2.24) is 0 Å². The van der Waals surface area contributed by atoms with Gasteiger partial charge in [-0.15, -0.1) is 11.6 Å². The van der Waals surface area contributed by atoms with Gasteiger partial charge >= 0.3 is 0 Å². The van der Waals surface area contributed by atoms with E-state index in [9.17, 15) is 8.78 Å². The van der Waals surface area contributed by atoms with Crippen LogP contribution in [0.5, 0.6) is 0 Å². The second-order valence-electron chi connectivity index (χ2n) is 4.90. The van der Waals surface area contributed by atoms with E-state index in [4.69, 9.17) is 11.6 Å². The molecule has 16 heavy (non-hydrogen) atoms. The molecular weight excluding hydrogens is 230 g/mol. The lowest BCUT2D eigenvalue weighted by molar-refractivity contribution is 0.253. The van der Waals surface area contributed by atoms with Gasteiger partial charge in [-0.05, 0) is 35.4 Å². The van der Waals surface area contributed by atoms with Crippen LogP contribution < -0.4 is 0 Å². The Morgan fingerprint density at radius 3 is 2.06 bits per heavy atom. The number of hydrogen-bond acceptors (Lipinski definition) is 0. The monoisotopic (exact) mass is 246 g/mol. The van der Waals surface area contributed by atoms with E-state index < -0.39 is 11.6 Å². The van der Waals surface area contributed by atoms with Crippen LogP contribution in [0.15, 0.2) is 18.2 Å². The molecule has 0 aliphatic carbocycles. The van der Waals surface area contributed by atoms with Crippen LogP contribution in [-0.2, 0) is 6.42 Å². The van der Waals surface area contributed by atoms with Crippen LogP contribution in [0.2, 0.25) is 0 Å². The molecule has 0 nitrogen and oxygen atoms in total. The largest absolute Gasteiger partial charge is 0.207 e. The summed E-state index contributed by atoms with van der Waals surface area (Å²) in [7, 11) is 0. The highest BCUT2D eigenvalue weighted by Crippen LogP contribution is 2.32. The van der Waals surface area contributed by atoms with Gasteiger partial charge in [0.15, 0.2) is 0 Å². The zero-order valence-electron chi connectivity index (χ0n) is 9.86. The molecule has 0 saturated carbocycles. The van der Waals surface area contributed by atoms with Crippen LogP contribution in [-0.4, -0.2) is 5.88 Å². The fraction of sp³-hybridized carbons (Fsp3) is 0.538. The molecule has 0 fully saturated rings. The highest BCUT2D eigenvalue weighted by molar-refractivity contribution is 6.18. The van der Waals surface area contributed by atoms with Crippen molar-refractivity contribution < 1.29 is 8.78 Å². The lowest BCUT2D eigenvalue weighted by atomic mass is 9.76. The van der Waals surface area contributed by atoms with E-state index >= 15 is 0 Å². The lowest BCUT2D eigenvalue weighted by Crippen LogP contribution is -2.28. The first-order valence-electron chi connectivity index (χ1n) is 5.38. The average molecular weight is 247 g/mol. The maximum absolute atomic E-state index is 13.0. The van der Waals surface area contributed by atoms with Gasteiger partial charge in [-0.2, -0.15) is 0 Å². The van der Waals surface area contributed by atoms with Gasteiger partial charge in [0.05, 0.1) is 0 Å². The minimum absolute atomic E-state index is 0.137. The van der Waals surface area contributed by atoms with Crippen molar-refractivity contribution in [2.24, 2.45) is 11.3 Å². The molecule has 0 spiro atoms. The van der Waals surface area contributed by atoms with Crippen LogP contribution in [0.4, 0.5) is 8.78 Å². The summed E-state index contributed by atoms with van der Waals surface area (Å²) in [5.74, 6) is -0.231. The van der Waals surface area contributed by atoms with E-state index in [0.29, 0.717) is 23.8 Å². The third kappa shape index (κ3) is 3.18. The van der Waals surface area contributed by atoms with Gasteiger partial charge < -0.3 is 0 Å². The van der Waals surface area contributed by atoms with E-state index in [-0.39, 0.29) is 5.41 Å². The van der Waals surface area contributed by atoms with E-state index in [1.807, 2.05) is 6.92 Å². The number of rotatable bonds is 4. The normalized spacial score (nSPS) is 15.2. The summed E-state index contributed by atoms with van der Waals surface area (Å²) in [6, 6.07) is 3.63. The van der Waals surface area contributed by atoms with E-state index in [0.717, 1.165) is 6.07 Å². The summed E-state index contributed by atoms with van der Waals surface area (Å²) in [4.78, 5) is 0. The van der Waals surface area contributed by atoms with Gasteiger partial charge in [-0.1, -0.05) is 20.8 Å². The zero-order chi connectivity index (χ0) is 12.3. The molecule has 1 rings (SSSR count). The molecule has 0 saturated heterocycles. The molecular formula is C13H17ClF2. The lowest BCUT2D eigenvalue weighted by Gasteiger charge is -2.31. The second-order valence-corrected chi connectivity index (χ2v) is 5.16. The van der Waals surface area contributed by atoms with Crippen LogP contribution in [0, 0.1) is 23.0 Å². The van der Waals surface area contributed by atoms with Crippen molar-refractivity contribution in [2.75, 3.05) is 5.88 Å². The Morgan fingerprint density at radius 2 is 1.69 bits per heavy atom. The number of halogens is 3. The molecule has 0 aliphatic rings. The number of alkyl halides is 1. The minimum Gasteiger partial charge on any atom is -0.207 e. The SMILES string of the molecule is CC(C)C(C)(CCl)Cc1cc(F)cc(F)c1. The molecule has 1 atom stereocenters. The zero-order valence-corrected chi connectivity index (χ0v) is 10.6. The Balaban J connectivity index is 2.94. The molecule has 1 aromatic carbocycles. The Bertz CT molecular complexity index is 343. The van der Waals surface area contributed by atoms with Crippen molar-refractivity contribution in [1.29, 1.82) is 0 Å². The summed E-state index contributed by atoms with van der Waals surface area (Å²) in [6.07, 6.45) is 0.586. The predicted octanol–water partition coefficient (Wildman–Crippen LogP) is 4.41. The first-order valence-corrected chi connectivity index (χ1v) is 5.92.